The molecule has 4 nitrogen and oxygen atoms in total. The third kappa shape index (κ3) is 3.17. The van der Waals surface area contributed by atoms with E-state index in [1.54, 1.807) is 0 Å². The molecule has 0 N–H and O–H groups in total. The Morgan fingerprint density at radius 1 is 1.00 bits per heavy atom. The quantitative estimate of drug-likeness (QED) is 0.398. The van der Waals surface area contributed by atoms with Crippen LogP contribution in [0.2, 0.25) is 0 Å². The number of rotatable bonds is 1. The topological polar surface area (TPSA) is 60.4 Å². The fourth-order valence-corrected chi connectivity index (χ4v) is 3.44. The largest absolute Gasteiger partial charge is 1.00 e. The molecular formula is C9H16NNaO3S. The zero-order valence-electron chi connectivity index (χ0n) is 9.24. The van der Waals surface area contributed by atoms with E-state index in [1.807, 2.05) is 0 Å². The van der Waals surface area contributed by atoms with Crippen molar-refractivity contribution in [1.82, 2.24) is 4.31 Å². The second-order valence-corrected chi connectivity index (χ2v) is 5.94. The first-order valence-electron chi connectivity index (χ1n) is 5.23. The van der Waals surface area contributed by atoms with E-state index < -0.39 is 10.3 Å². The van der Waals surface area contributed by atoms with Crippen LogP contribution in [0.3, 0.4) is 0 Å². The average Bonchev–Trinajstić information content (AvgIpc) is 2.53. The minimum Gasteiger partial charge on any atom is -0.735 e. The van der Waals surface area contributed by atoms with Gasteiger partial charge in [-0.2, -0.15) is 0 Å². The van der Waals surface area contributed by atoms with Gasteiger partial charge in [0.05, 0.1) is 0 Å². The van der Waals surface area contributed by atoms with E-state index >= 15 is 0 Å². The van der Waals surface area contributed by atoms with Crippen molar-refractivity contribution in [2.24, 2.45) is 5.41 Å². The minimum absolute atomic E-state index is 0. The Morgan fingerprint density at radius 2 is 1.47 bits per heavy atom. The monoisotopic (exact) mass is 241 g/mol. The van der Waals surface area contributed by atoms with Crippen molar-refractivity contribution in [3.8, 4) is 0 Å². The molecule has 1 saturated heterocycles. The van der Waals surface area contributed by atoms with Gasteiger partial charge >= 0.3 is 29.6 Å². The summed E-state index contributed by atoms with van der Waals surface area (Å²) in [5.41, 5.74) is 0.376. The SMILES string of the molecule is O=S(=O)([O-])N1CCC2(CCCC2)CC1.[Na+]. The molecule has 0 aromatic carbocycles. The van der Waals surface area contributed by atoms with Crippen LogP contribution in [0.25, 0.3) is 0 Å². The van der Waals surface area contributed by atoms with Gasteiger partial charge in [0.15, 0.2) is 10.3 Å². The van der Waals surface area contributed by atoms with Gasteiger partial charge in [-0.05, 0) is 31.1 Å². The van der Waals surface area contributed by atoms with Crippen LogP contribution in [-0.4, -0.2) is 30.4 Å². The molecule has 6 heteroatoms. The molecular weight excluding hydrogens is 225 g/mol. The molecule has 0 aromatic rings. The van der Waals surface area contributed by atoms with E-state index in [0.717, 1.165) is 17.1 Å². The molecule has 0 aromatic heterocycles. The molecule has 1 heterocycles. The molecule has 1 saturated carbocycles. The van der Waals surface area contributed by atoms with Crippen LogP contribution in [0.5, 0.6) is 0 Å². The Kier molecular flexibility index (Phi) is 4.66. The average molecular weight is 241 g/mol. The molecule has 0 unspecified atom stereocenters. The molecule has 82 valence electrons. The Morgan fingerprint density at radius 3 is 1.87 bits per heavy atom. The predicted molar refractivity (Wildman–Crippen MR) is 51.4 cm³/mol. The first kappa shape index (κ1) is 13.9. The van der Waals surface area contributed by atoms with Gasteiger partial charge in [-0.25, -0.2) is 12.7 Å². The summed E-state index contributed by atoms with van der Waals surface area (Å²) in [6, 6.07) is 0. The first-order chi connectivity index (χ1) is 6.52. The molecule has 2 aliphatic rings. The molecule has 0 radical (unpaired) electrons. The fraction of sp³-hybridized carbons (Fsp3) is 1.00. The summed E-state index contributed by atoms with van der Waals surface area (Å²) in [6.07, 6.45) is 6.75. The summed E-state index contributed by atoms with van der Waals surface area (Å²) >= 11 is 0. The van der Waals surface area contributed by atoms with Crippen molar-refractivity contribution in [2.75, 3.05) is 13.1 Å². The summed E-state index contributed by atoms with van der Waals surface area (Å²) in [7, 11) is -4.19. The third-order valence-electron chi connectivity index (χ3n) is 3.76. The van der Waals surface area contributed by atoms with Crippen molar-refractivity contribution in [3.05, 3.63) is 0 Å². The van der Waals surface area contributed by atoms with Crippen molar-refractivity contribution in [2.45, 2.75) is 38.5 Å². The molecule has 0 amide bonds. The second kappa shape index (κ2) is 5.02. The maximum atomic E-state index is 10.8. The van der Waals surface area contributed by atoms with Gasteiger partial charge in [0.1, 0.15) is 0 Å². The summed E-state index contributed by atoms with van der Waals surface area (Å²) < 4.78 is 33.4. The molecule has 1 aliphatic carbocycles. The maximum Gasteiger partial charge on any atom is 1.00 e. The Bertz CT molecular complexity index is 301. The zero-order valence-corrected chi connectivity index (χ0v) is 12.1. The van der Waals surface area contributed by atoms with E-state index in [4.69, 9.17) is 0 Å². The van der Waals surface area contributed by atoms with Crippen molar-refractivity contribution in [3.63, 3.8) is 0 Å². The van der Waals surface area contributed by atoms with E-state index in [0.29, 0.717) is 18.5 Å². The Labute approximate surface area is 114 Å². The normalized spacial score (nSPS) is 26.5. The van der Waals surface area contributed by atoms with Crippen LogP contribution < -0.4 is 29.6 Å². The number of hydrogen-bond donors (Lipinski definition) is 0. The minimum atomic E-state index is -4.19. The van der Waals surface area contributed by atoms with Gasteiger partial charge in [-0.15, -0.1) is 0 Å². The van der Waals surface area contributed by atoms with E-state index in [9.17, 15) is 13.0 Å². The van der Waals surface area contributed by atoms with Crippen molar-refractivity contribution in [1.29, 1.82) is 0 Å². The maximum absolute atomic E-state index is 10.8. The number of nitrogens with zero attached hydrogens (tertiary/aromatic N) is 1. The molecule has 2 rings (SSSR count). The second-order valence-electron chi connectivity index (χ2n) is 4.56. The number of piperidine rings is 1. The summed E-state index contributed by atoms with van der Waals surface area (Å²) in [5.74, 6) is 0. The van der Waals surface area contributed by atoms with Crippen LogP contribution >= 0.6 is 0 Å². The van der Waals surface area contributed by atoms with Crippen molar-refractivity contribution < 1.29 is 42.5 Å². The van der Waals surface area contributed by atoms with Crippen molar-refractivity contribution >= 4 is 10.3 Å². The van der Waals surface area contributed by atoms with Crippen LogP contribution in [0, 0.1) is 5.41 Å². The Hall–Kier alpha value is 0.870. The van der Waals surface area contributed by atoms with E-state index in [1.165, 1.54) is 25.7 Å². The van der Waals surface area contributed by atoms with Gasteiger partial charge in [-0.1, -0.05) is 12.8 Å². The van der Waals surface area contributed by atoms with Crippen LogP contribution in [0.15, 0.2) is 0 Å². The molecule has 0 atom stereocenters. The van der Waals surface area contributed by atoms with Gasteiger partial charge in [0, 0.05) is 13.1 Å². The molecule has 0 bridgehead atoms. The summed E-state index contributed by atoms with van der Waals surface area (Å²) in [5, 5.41) is 0. The summed E-state index contributed by atoms with van der Waals surface area (Å²) in [4.78, 5) is 0. The molecule has 1 spiro atoms. The van der Waals surface area contributed by atoms with Crippen LogP contribution in [-0.2, 0) is 10.3 Å². The van der Waals surface area contributed by atoms with E-state index in [2.05, 4.69) is 0 Å². The van der Waals surface area contributed by atoms with Gasteiger partial charge < -0.3 is 4.55 Å². The zero-order chi connectivity index (χ0) is 10.2. The molecule has 1 aliphatic heterocycles. The van der Waals surface area contributed by atoms with Gasteiger partial charge in [0.2, 0.25) is 0 Å². The van der Waals surface area contributed by atoms with Gasteiger partial charge in [-0.3, -0.25) is 0 Å². The molecule has 15 heavy (non-hydrogen) atoms. The van der Waals surface area contributed by atoms with Crippen LogP contribution in [0.4, 0.5) is 0 Å². The fourth-order valence-electron chi connectivity index (χ4n) is 2.81. The van der Waals surface area contributed by atoms with Gasteiger partial charge in [0.25, 0.3) is 0 Å². The standard InChI is InChI=1S/C9H17NO3S.Na/c11-14(12,13)10-7-5-9(6-8-10)3-1-2-4-9;/h1-8H2,(H,11,12,13);/q;+1/p-1. The predicted octanol–water partition coefficient (Wildman–Crippen LogP) is -1.89. The Balaban J connectivity index is 0.00000112. The summed E-state index contributed by atoms with van der Waals surface area (Å²) in [6.45, 7) is 0.873. The van der Waals surface area contributed by atoms with Crippen LogP contribution in [0.1, 0.15) is 38.5 Å². The smallest absolute Gasteiger partial charge is 0.735 e. The molecule has 2 fully saturated rings. The van der Waals surface area contributed by atoms with E-state index in [-0.39, 0.29) is 29.6 Å². The third-order valence-corrected chi connectivity index (χ3v) is 4.76. The number of hydrogen-bond acceptors (Lipinski definition) is 3. The first-order valence-corrected chi connectivity index (χ1v) is 6.59.